The van der Waals surface area contributed by atoms with Crippen LogP contribution in [0.15, 0.2) is 16.8 Å². The molecule has 2 N–H and O–H groups in total. The Kier molecular flexibility index (Phi) is 3.49. The smallest absolute Gasteiger partial charge is 0.244 e. The summed E-state index contributed by atoms with van der Waals surface area (Å²) in [5.74, 6) is 2.41. The van der Waals surface area contributed by atoms with Crippen LogP contribution in [-0.4, -0.2) is 26.9 Å². The van der Waals surface area contributed by atoms with Crippen molar-refractivity contribution >= 4 is 17.6 Å². The van der Waals surface area contributed by atoms with Crippen LogP contribution in [0.5, 0.6) is 0 Å². The molecule has 0 aliphatic heterocycles. The molecule has 0 unspecified atom stereocenters. The molecule has 0 spiro atoms. The Balaban J connectivity index is 2.05. The van der Waals surface area contributed by atoms with E-state index >= 15 is 0 Å². The first-order valence-corrected chi connectivity index (χ1v) is 5.42. The van der Waals surface area contributed by atoms with E-state index in [4.69, 9.17) is 4.52 Å². The number of nitrogens with one attached hydrogen (secondary N) is 2. The highest BCUT2D eigenvalue weighted by molar-refractivity contribution is 5.51. The van der Waals surface area contributed by atoms with Crippen molar-refractivity contribution in [3.8, 4) is 0 Å². The van der Waals surface area contributed by atoms with Gasteiger partial charge in [-0.3, -0.25) is 0 Å². The lowest BCUT2D eigenvalue weighted by Crippen LogP contribution is -2.06. The molecule has 17 heavy (non-hydrogen) atoms. The van der Waals surface area contributed by atoms with Crippen LogP contribution in [0.1, 0.15) is 19.1 Å². The number of aromatic nitrogens is 4. The van der Waals surface area contributed by atoms with Gasteiger partial charge in [0.1, 0.15) is 5.76 Å². The van der Waals surface area contributed by atoms with Crippen LogP contribution in [0.25, 0.3) is 0 Å². The zero-order valence-corrected chi connectivity index (χ0v) is 9.77. The van der Waals surface area contributed by atoms with Crippen LogP contribution in [0.2, 0.25) is 0 Å². The summed E-state index contributed by atoms with van der Waals surface area (Å²) in [5, 5.41) is 17.6. The lowest BCUT2D eigenvalue weighted by molar-refractivity contribution is 0.400. The summed E-state index contributed by atoms with van der Waals surface area (Å²) in [6, 6.07) is 1.78. The lowest BCUT2D eigenvalue weighted by Gasteiger charge is -2.04. The van der Waals surface area contributed by atoms with E-state index in [1.54, 1.807) is 6.07 Å². The van der Waals surface area contributed by atoms with Crippen LogP contribution >= 0.6 is 0 Å². The van der Waals surface area contributed by atoms with Gasteiger partial charge in [0.05, 0.1) is 6.20 Å². The fourth-order valence-corrected chi connectivity index (χ4v) is 1.23. The second-order valence-electron chi connectivity index (χ2n) is 3.54. The van der Waals surface area contributed by atoms with Crippen LogP contribution in [0, 0.1) is 6.92 Å². The predicted molar refractivity (Wildman–Crippen MR) is 63.1 cm³/mol. The van der Waals surface area contributed by atoms with Crippen LogP contribution < -0.4 is 10.6 Å². The Labute approximate surface area is 98.6 Å². The van der Waals surface area contributed by atoms with Crippen molar-refractivity contribution in [2.45, 2.75) is 20.3 Å². The predicted octanol–water partition coefficient (Wildman–Crippen LogP) is 1.73. The highest BCUT2D eigenvalue weighted by atomic mass is 16.5. The standard InChI is InChI=1S/C10H14N6O/c1-3-4-11-10-14-9(6-12-15-10)13-8-5-7(2)17-16-8/h5-6H,3-4H2,1-2H3,(H2,11,13,14,15,16). The molecule has 2 aromatic heterocycles. The molecule has 0 aliphatic carbocycles. The van der Waals surface area contributed by atoms with Crippen molar-refractivity contribution in [2.24, 2.45) is 0 Å². The van der Waals surface area contributed by atoms with Gasteiger partial charge in [0.15, 0.2) is 11.6 Å². The average Bonchev–Trinajstić information content (AvgIpc) is 2.73. The summed E-state index contributed by atoms with van der Waals surface area (Å²) in [6.45, 7) is 4.71. The van der Waals surface area contributed by atoms with Gasteiger partial charge >= 0.3 is 0 Å². The topological polar surface area (TPSA) is 88.8 Å². The molecule has 2 aromatic rings. The molecule has 0 aliphatic rings. The molecular weight excluding hydrogens is 220 g/mol. The monoisotopic (exact) mass is 234 g/mol. The third-order valence-corrected chi connectivity index (χ3v) is 1.98. The third-order valence-electron chi connectivity index (χ3n) is 1.98. The Morgan fingerprint density at radius 1 is 1.35 bits per heavy atom. The Hall–Kier alpha value is -2.18. The molecule has 0 radical (unpaired) electrons. The van der Waals surface area contributed by atoms with E-state index in [0.717, 1.165) is 18.7 Å². The molecule has 2 heterocycles. The maximum Gasteiger partial charge on any atom is 0.244 e. The van der Waals surface area contributed by atoms with E-state index in [-0.39, 0.29) is 0 Å². The fourth-order valence-electron chi connectivity index (χ4n) is 1.23. The fraction of sp³-hybridized carbons (Fsp3) is 0.400. The molecule has 0 amide bonds. The largest absolute Gasteiger partial charge is 0.360 e. The number of hydrogen-bond donors (Lipinski definition) is 2. The quantitative estimate of drug-likeness (QED) is 0.814. The van der Waals surface area contributed by atoms with Gasteiger partial charge in [-0.25, -0.2) is 0 Å². The first-order valence-electron chi connectivity index (χ1n) is 5.42. The molecular formula is C10H14N6O. The maximum absolute atomic E-state index is 4.94. The van der Waals surface area contributed by atoms with Crippen LogP contribution in [0.3, 0.4) is 0 Å². The molecule has 0 saturated heterocycles. The third kappa shape index (κ3) is 3.13. The van der Waals surface area contributed by atoms with E-state index in [2.05, 4.69) is 37.9 Å². The second-order valence-corrected chi connectivity index (χ2v) is 3.54. The van der Waals surface area contributed by atoms with Gasteiger partial charge in [-0.15, -0.1) is 5.10 Å². The zero-order chi connectivity index (χ0) is 12.1. The number of anilines is 3. The molecule has 7 nitrogen and oxygen atoms in total. The highest BCUT2D eigenvalue weighted by Gasteiger charge is 2.03. The summed E-state index contributed by atoms with van der Waals surface area (Å²) >= 11 is 0. The number of aryl methyl sites for hydroxylation is 1. The lowest BCUT2D eigenvalue weighted by atomic mass is 10.5. The summed E-state index contributed by atoms with van der Waals surface area (Å²) in [4.78, 5) is 4.24. The van der Waals surface area contributed by atoms with Gasteiger partial charge < -0.3 is 15.2 Å². The first-order chi connectivity index (χ1) is 8.28. The maximum atomic E-state index is 4.94. The average molecular weight is 234 g/mol. The Morgan fingerprint density at radius 2 is 2.24 bits per heavy atom. The molecule has 0 aromatic carbocycles. The minimum Gasteiger partial charge on any atom is -0.360 e. The van der Waals surface area contributed by atoms with Crippen molar-refractivity contribution in [1.82, 2.24) is 20.3 Å². The van der Waals surface area contributed by atoms with Crippen molar-refractivity contribution in [2.75, 3.05) is 17.2 Å². The van der Waals surface area contributed by atoms with Gasteiger partial charge in [0.25, 0.3) is 0 Å². The second kappa shape index (κ2) is 5.24. The normalized spacial score (nSPS) is 10.2. The summed E-state index contributed by atoms with van der Waals surface area (Å²) in [5.41, 5.74) is 0. The van der Waals surface area contributed by atoms with Crippen LogP contribution in [-0.2, 0) is 0 Å². The first kappa shape index (κ1) is 11.3. The van der Waals surface area contributed by atoms with Gasteiger partial charge in [-0.2, -0.15) is 10.1 Å². The minimum atomic E-state index is 0.497. The van der Waals surface area contributed by atoms with E-state index in [9.17, 15) is 0 Å². The summed E-state index contributed by atoms with van der Waals surface area (Å²) in [7, 11) is 0. The van der Waals surface area contributed by atoms with E-state index < -0.39 is 0 Å². The molecule has 90 valence electrons. The number of nitrogens with zero attached hydrogens (tertiary/aromatic N) is 4. The van der Waals surface area contributed by atoms with Gasteiger partial charge in [0.2, 0.25) is 5.95 Å². The van der Waals surface area contributed by atoms with Gasteiger partial charge in [-0.05, 0) is 13.3 Å². The zero-order valence-electron chi connectivity index (χ0n) is 9.77. The van der Waals surface area contributed by atoms with E-state index in [1.165, 1.54) is 6.20 Å². The molecule has 0 fully saturated rings. The minimum absolute atomic E-state index is 0.497. The summed E-state index contributed by atoms with van der Waals surface area (Å²) in [6.07, 6.45) is 2.53. The molecule has 2 rings (SSSR count). The van der Waals surface area contributed by atoms with E-state index in [1.807, 2.05) is 6.92 Å². The van der Waals surface area contributed by atoms with Crippen molar-refractivity contribution in [3.05, 3.63) is 18.0 Å². The highest BCUT2D eigenvalue weighted by Crippen LogP contribution is 2.13. The Morgan fingerprint density at radius 3 is 2.94 bits per heavy atom. The van der Waals surface area contributed by atoms with Gasteiger partial charge in [-0.1, -0.05) is 12.1 Å². The van der Waals surface area contributed by atoms with Gasteiger partial charge in [0, 0.05) is 12.6 Å². The summed E-state index contributed by atoms with van der Waals surface area (Å²) < 4.78 is 4.94. The van der Waals surface area contributed by atoms with Crippen LogP contribution in [0.4, 0.5) is 17.6 Å². The molecule has 0 bridgehead atoms. The molecule has 7 heteroatoms. The molecule has 0 atom stereocenters. The molecule has 0 saturated carbocycles. The van der Waals surface area contributed by atoms with Crippen molar-refractivity contribution in [1.29, 1.82) is 0 Å². The number of hydrogen-bond acceptors (Lipinski definition) is 7. The van der Waals surface area contributed by atoms with Crippen molar-refractivity contribution in [3.63, 3.8) is 0 Å². The SMILES string of the molecule is CCCNc1nncc(Nc2cc(C)on2)n1. The number of rotatable bonds is 5. The Bertz CT molecular complexity index is 483. The van der Waals surface area contributed by atoms with Crippen molar-refractivity contribution < 1.29 is 4.52 Å². The van der Waals surface area contributed by atoms with E-state index in [0.29, 0.717) is 17.6 Å².